The van der Waals surface area contributed by atoms with Crippen LogP contribution in [0.15, 0.2) is 24.3 Å². The number of hydrogen-bond acceptors (Lipinski definition) is 4. The number of non-ortho nitro benzene ring substituents is 1. The van der Waals surface area contributed by atoms with Crippen LogP contribution in [0.25, 0.3) is 0 Å². The van der Waals surface area contributed by atoms with Crippen molar-refractivity contribution in [1.29, 1.82) is 0 Å². The molecule has 0 bridgehead atoms. The largest absolute Gasteiger partial charge is 0.314 e. The first-order valence-electron chi connectivity index (χ1n) is 8.94. The first-order chi connectivity index (χ1) is 11.2. The van der Waals surface area contributed by atoms with Crippen molar-refractivity contribution in [3.05, 3.63) is 39.9 Å². The van der Waals surface area contributed by atoms with Crippen LogP contribution >= 0.6 is 0 Å². The van der Waals surface area contributed by atoms with Gasteiger partial charge in [-0.3, -0.25) is 10.1 Å². The third kappa shape index (κ3) is 4.30. The van der Waals surface area contributed by atoms with Crippen LogP contribution in [0.2, 0.25) is 0 Å². The van der Waals surface area contributed by atoms with Gasteiger partial charge in [-0.25, -0.2) is 0 Å². The van der Waals surface area contributed by atoms with E-state index in [9.17, 15) is 10.1 Å². The summed E-state index contributed by atoms with van der Waals surface area (Å²) in [6, 6.07) is 8.26. The smallest absolute Gasteiger partial charge is 0.269 e. The number of nitrogens with zero attached hydrogens (tertiary/aromatic N) is 1. The molecule has 0 aromatic heterocycles. The SMILES string of the molecule is O=[N+]([O-])c1ccc(CCNC2CCCC2C2CCCCN2)cc1. The van der Waals surface area contributed by atoms with Crippen molar-refractivity contribution in [2.45, 2.75) is 57.0 Å². The summed E-state index contributed by atoms with van der Waals surface area (Å²) < 4.78 is 0. The van der Waals surface area contributed by atoms with Gasteiger partial charge in [0, 0.05) is 24.2 Å². The lowest BCUT2D eigenvalue weighted by atomic mass is 9.88. The highest BCUT2D eigenvalue weighted by atomic mass is 16.6. The number of nitrogens with one attached hydrogen (secondary N) is 2. The molecule has 23 heavy (non-hydrogen) atoms. The van der Waals surface area contributed by atoms with Gasteiger partial charge in [0.15, 0.2) is 0 Å². The predicted octanol–water partition coefficient (Wildman–Crippen LogP) is 3.04. The molecule has 2 aliphatic rings. The van der Waals surface area contributed by atoms with Gasteiger partial charge < -0.3 is 10.6 Å². The molecule has 0 spiro atoms. The molecule has 1 aromatic rings. The molecule has 2 N–H and O–H groups in total. The van der Waals surface area contributed by atoms with Gasteiger partial charge in [-0.15, -0.1) is 0 Å². The molecule has 2 fully saturated rings. The molecule has 3 unspecified atom stereocenters. The van der Waals surface area contributed by atoms with Gasteiger partial charge >= 0.3 is 0 Å². The van der Waals surface area contributed by atoms with Crippen LogP contribution < -0.4 is 10.6 Å². The number of piperidine rings is 1. The highest BCUT2D eigenvalue weighted by Crippen LogP contribution is 2.31. The summed E-state index contributed by atoms with van der Waals surface area (Å²) in [5.74, 6) is 0.771. The lowest BCUT2D eigenvalue weighted by Gasteiger charge is -2.33. The molecule has 126 valence electrons. The predicted molar refractivity (Wildman–Crippen MR) is 91.6 cm³/mol. The number of nitro groups is 1. The number of nitro benzene ring substituents is 1. The van der Waals surface area contributed by atoms with Crippen LogP contribution in [0.3, 0.4) is 0 Å². The lowest BCUT2D eigenvalue weighted by molar-refractivity contribution is -0.384. The number of rotatable bonds is 6. The van der Waals surface area contributed by atoms with Crippen molar-refractivity contribution in [2.75, 3.05) is 13.1 Å². The van der Waals surface area contributed by atoms with Crippen LogP contribution in [0, 0.1) is 16.0 Å². The monoisotopic (exact) mass is 317 g/mol. The molecule has 1 heterocycles. The molecule has 3 atom stereocenters. The molecule has 5 heteroatoms. The Kier molecular flexibility index (Phi) is 5.62. The van der Waals surface area contributed by atoms with Crippen LogP contribution in [0.5, 0.6) is 0 Å². The van der Waals surface area contributed by atoms with E-state index in [1.165, 1.54) is 45.1 Å². The van der Waals surface area contributed by atoms with Crippen LogP contribution in [-0.2, 0) is 6.42 Å². The molecule has 1 aliphatic heterocycles. The Hall–Kier alpha value is -1.46. The molecular formula is C18H27N3O2. The third-order valence-electron chi connectivity index (χ3n) is 5.40. The van der Waals surface area contributed by atoms with E-state index in [2.05, 4.69) is 10.6 Å². The van der Waals surface area contributed by atoms with Gasteiger partial charge in [-0.1, -0.05) is 25.0 Å². The Morgan fingerprint density at radius 1 is 1.13 bits per heavy atom. The first-order valence-corrected chi connectivity index (χ1v) is 8.94. The zero-order valence-corrected chi connectivity index (χ0v) is 13.7. The number of benzene rings is 1. The summed E-state index contributed by atoms with van der Waals surface area (Å²) in [6.07, 6.45) is 8.89. The highest BCUT2D eigenvalue weighted by Gasteiger charge is 2.33. The van der Waals surface area contributed by atoms with Crippen molar-refractivity contribution in [3.8, 4) is 0 Å². The third-order valence-corrected chi connectivity index (χ3v) is 5.40. The Balaban J connectivity index is 1.46. The number of hydrogen-bond donors (Lipinski definition) is 2. The van der Waals surface area contributed by atoms with E-state index in [1.54, 1.807) is 12.1 Å². The van der Waals surface area contributed by atoms with Crippen LogP contribution in [0.1, 0.15) is 44.1 Å². The second-order valence-corrected chi connectivity index (χ2v) is 6.89. The van der Waals surface area contributed by atoms with Gasteiger partial charge in [0.1, 0.15) is 0 Å². The lowest BCUT2D eigenvalue weighted by Crippen LogP contribution is -2.47. The molecule has 1 saturated carbocycles. The van der Waals surface area contributed by atoms with Gasteiger partial charge in [0.25, 0.3) is 5.69 Å². The average Bonchev–Trinajstić information content (AvgIpc) is 3.05. The molecule has 1 saturated heterocycles. The summed E-state index contributed by atoms with van der Waals surface area (Å²) >= 11 is 0. The van der Waals surface area contributed by atoms with E-state index < -0.39 is 0 Å². The van der Waals surface area contributed by atoms with Gasteiger partial charge in [-0.05, 0) is 56.7 Å². The highest BCUT2D eigenvalue weighted by molar-refractivity contribution is 5.32. The van der Waals surface area contributed by atoms with E-state index in [0.29, 0.717) is 12.1 Å². The molecule has 5 nitrogen and oxygen atoms in total. The quantitative estimate of drug-likeness (QED) is 0.625. The summed E-state index contributed by atoms with van der Waals surface area (Å²) in [5, 5.41) is 18.1. The van der Waals surface area contributed by atoms with E-state index in [1.807, 2.05) is 12.1 Å². The molecule has 1 aliphatic carbocycles. The zero-order valence-electron chi connectivity index (χ0n) is 13.7. The zero-order chi connectivity index (χ0) is 16.1. The second-order valence-electron chi connectivity index (χ2n) is 6.89. The molecule has 1 aromatic carbocycles. The molecular weight excluding hydrogens is 290 g/mol. The van der Waals surface area contributed by atoms with Crippen molar-refractivity contribution < 1.29 is 4.92 Å². The van der Waals surface area contributed by atoms with Crippen molar-refractivity contribution in [2.24, 2.45) is 5.92 Å². The summed E-state index contributed by atoms with van der Waals surface area (Å²) in [6.45, 7) is 2.13. The van der Waals surface area contributed by atoms with Crippen molar-refractivity contribution in [1.82, 2.24) is 10.6 Å². The van der Waals surface area contributed by atoms with Gasteiger partial charge in [-0.2, -0.15) is 0 Å². The second kappa shape index (κ2) is 7.88. The maximum Gasteiger partial charge on any atom is 0.269 e. The summed E-state index contributed by atoms with van der Waals surface area (Å²) in [7, 11) is 0. The van der Waals surface area contributed by atoms with Gasteiger partial charge in [0.2, 0.25) is 0 Å². The topological polar surface area (TPSA) is 67.2 Å². The minimum absolute atomic E-state index is 0.168. The maximum atomic E-state index is 10.7. The van der Waals surface area contributed by atoms with Crippen molar-refractivity contribution in [3.63, 3.8) is 0 Å². The minimum Gasteiger partial charge on any atom is -0.314 e. The van der Waals surface area contributed by atoms with Crippen LogP contribution in [0.4, 0.5) is 5.69 Å². The van der Waals surface area contributed by atoms with E-state index in [-0.39, 0.29) is 10.6 Å². The van der Waals surface area contributed by atoms with Crippen LogP contribution in [-0.4, -0.2) is 30.1 Å². The molecule has 0 amide bonds. The summed E-state index contributed by atoms with van der Waals surface area (Å²) in [5.41, 5.74) is 1.33. The fourth-order valence-electron chi connectivity index (χ4n) is 4.15. The fourth-order valence-corrected chi connectivity index (χ4v) is 4.15. The van der Waals surface area contributed by atoms with Gasteiger partial charge in [0.05, 0.1) is 4.92 Å². The Bertz CT molecular complexity index is 512. The minimum atomic E-state index is -0.345. The normalized spacial score (nSPS) is 27.9. The molecule has 3 rings (SSSR count). The standard InChI is InChI=1S/C18H27N3O2/c22-21(23)15-9-7-14(8-10-15)11-13-20-18-6-3-4-16(18)17-5-1-2-12-19-17/h7-10,16-20H,1-6,11-13H2. The van der Waals surface area contributed by atoms with E-state index in [4.69, 9.17) is 0 Å². The van der Waals surface area contributed by atoms with E-state index in [0.717, 1.165) is 24.4 Å². The first kappa shape index (κ1) is 16.4. The maximum absolute atomic E-state index is 10.7. The van der Waals surface area contributed by atoms with Crippen molar-refractivity contribution >= 4 is 5.69 Å². The average molecular weight is 317 g/mol. The Morgan fingerprint density at radius 3 is 2.65 bits per heavy atom. The molecule has 0 radical (unpaired) electrons. The summed E-state index contributed by atoms with van der Waals surface area (Å²) in [4.78, 5) is 10.3. The fraction of sp³-hybridized carbons (Fsp3) is 0.667. The Morgan fingerprint density at radius 2 is 1.96 bits per heavy atom. The van der Waals surface area contributed by atoms with E-state index >= 15 is 0 Å². The Labute approximate surface area is 138 Å².